The summed E-state index contributed by atoms with van der Waals surface area (Å²) in [6.07, 6.45) is 0. The molecule has 1 fully saturated rings. The zero-order chi connectivity index (χ0) is 12.5. The van der Waals surface area contributed by atoms with Crippen molar-refractivity contribution in [1.29, 1.82) is 0 Å². The average Bonchev–Trinajstić information content (AvgIpc) is 2.14. The summed E-state index contributed by atoms with van der Waals surface area (Å²) in [5.74, 6) is -1.31. The van der Waals surface area contributed by atoms with Crippen LogP contribution in [0.2, 0.25) is 0 Å². The van der Waals surface area contributed by atoms with Gasteiger partial charge in [0, 0.05) is 13.1 Å². The van der Waals surface area contributed by atoms with E-state index in [-0.39, 0.29) is 6.04 Å². The molecule has 92 valence electrons. The molecule has 7 nitrogen and oxygen atoms in total. The minimum Gasteiger partial charge on any atom is -0.289 e. The van der Waals surface area contributed by atoms with Crippen LogP contribution >= 0.6 is 0 Å². The van der Waals surface area contributed by atoms with Crippen LogP contribution in [0.25, 0.3) is 0 Å². The maximum Gasteiger partial charge on any atom is 0.332 e. The van der Waals surface area contributed by atoms with Gasteiger partial charge in [-0.1, -0.05) is 6.92 Å². The molecule has 0 aliphatic carbocycles. The number of amides is 4. The van der Waals surface area contributed by atoms with Crippen LogP contribution in [0.4, 0.5) is 9.59 Å². The minimum atomic E-state index is -1.31. The lowest BCUT2D eigenvalue weighted by Gasteiger charge is -2.46. The third-order valence-electron chi connectivity index (χ3n) is 2.50. The molecule has 0 bridgehead atoms. The van der Waals surface area contributed by atoms with Gasteiger partial charge in [0.15, 0.2) is 0 Å². The largest absolute Gasteiger partial charge is 0.332 e. The Morgan fingerprint density at radius 1 is 1.50 bits per heavy atom. The van der Waals surface area contributed by atoms with Crippen LogP contribution in [-0.2, 0) is 0 Å². The Kier molecular flexibility index (Phi) is 3.39. The predicted molar refractivity (Wildman–Crippen MR) is 59.3 cm³/mol. The van der Waals surface area contributed by atoms with E-state index in [9.17, 15) is 9.59 Å². The summed E-state index contributed by atoms with van der Waals surface area (Å²) in [4.78, 5) is 26.1. The zero-order valence-electron chi connectivity index (χ0n) is 10.1. The second-order valence-corrected chi connectivity index (χ2v) is 4.03. The number of imide groups is 1. The molecular formula is C9H19N5O2. The molecule has 1 unspecified atom stereocenters. The van der Waals surface area contributed by atoms with Gasteiger partial charge < -0.3 is 0 Å². The minimum absolute atomic E-state index is 0.207. The van der Waals surface area contributed by atoms with Crippen LogP contribution in [-0.4, -0.2) is 47.4 Å². The van der Waals surface area contributed by atoms with E-state index < -0.39 is 18.0 Å². The van der Waals surface area contributed by atoms with E-state index in [1.807, 2.05) is 6.92 Å². The van der Waals surface area contributed by atoms with Gasteiger partial charge >= 0.3 is 12.1 Å². The van der Waals surface area contributed by atoms with Gasteiger partial charge in [-0.2, -0.15) is 0 Å². The molecule has 0 radical (unpaired) electrons. The molecule has 1 rings (SSSR count). The Morgan fingerprint density at radius 3 is 2.50 bits per heavy atom. The quantitative estimate of drug-likeness (QED) is 0.577. The summed E-state index contributed by atoms with van der Waals surface area (Å²) >= 11 is 0. The van der Waals surface area contributed by atoms with E-state index in [1.165, 1.54) is 4.90 Å². The molecule has 4 amide bonds. The van der Waals surface area contributed by atoms with Gasteiger partial charge in [-0.3, -0.25) is 21.3 Å². The Hall–Kier alpha value is -1.34. The summed E-state index contributed by atoms with van der Waals surface area (Å²) in [6.45, 7) is 5.91. The molecular weight excluding hydrogens is 210 g/mol. The molecule has 1 heterocycles. The summed E-state index contributed by atoms with van der Waals surface area (Å²) in [6, 6.07) is -1.11. The number of urea groups is 2. The number of nitrogens with two attached hydrogens (primary N) is 1. The number of hydrogen-bond donors (Lipinski definition) is 3. The number of hydrogen-bond acceptors (Lipinski definition) is 4. The summed E-state index contributed by atoms with van der Waals surface area (Å²) in [5.41, 5.74) is 5.89. The molecule has 0 aromatic carbocycles. The fraction of sp³-hybridized carbons (Fsp3) is 0.778. The topological polar surface area (TPSA) is 90.7 Å². The first-order chi connectivity index (χ1) is 7.33. The molecule has 0 spiro atoms. The van der Waals surface area contributed by atoms with Crippen molar-refractivity contribution < 1.29 is 9.59 Å². The maximum atomic E-state index is 11.9. The maximum absolute atomic E-state index is 11.9. The van der Waals surface area contributed by atoms with Gasteiger partial charge in [0.05, 0.1) is 0 Å². The zero-order valence-corrected chi connectivity index (χ0v) is 10.1. The number of carbonyl (C=O) groups is 2. The van der Waals surface area contributed by atoms with Crippen molar-refractivity contribution in [3.8, 4) is 0 Å². The second-order valence-electron chi connectivity index (χ2n) is 4.03. The highest BCUT2D eigenvalue weighted by molar-refractivity contribution is 5.96. The SMILES string of the molecule is CCNC1(N)NC(=O)N(C(C)C)C(=O)N1C. The highest BCUT2D eigenvalue weighted by atomic mass is 16.2. The second kappa shape index (κ2) is 4.26. The van der Waals surface area contributed by atoms with Gasteiger partial charge in [-0.05, 0) is 20.4 Å². The predicted octanol–water partition coefficient (Wildman–Crippen LogP) is -0.349. The van der Waals surface area contributed by atoms with Crippen LogP contribution in [0.15, 0.2) is 0 Å². The van der Waals surface area contributed by atoms with Crippen LogP contribution in [0.1, 0.15) is 20.8 Å². The highest BCUT2D eigenvalue weighted by Gasteiger charge is 2.45. The van der Waals surface area contributed by atoms with Crippen LogP contribution < -0.4 is 16.4 Å². The van der Waals surface area contributed by atoms with Crippen LogP contribution in [0.5, 0.6) is 0 Å². The van der Waals surface area contributed by atoms with E-state index in [4.69, 9.17) is 5.73 Å². The lowest BCUT2D eigenvalue weighted by molar-refractivity contribution is 0.0368. The van der Waals surface area contributed by atoms with Crippen molar-refractivity contribution in [3.63, 3.8) is 0 Å². The van der Waals surface area contributed by atoms with Crippen molar-refractivity contribution in [2.24, 2.45) is 5.73 Å². The van der Waals surface area contributed by atoms with E-state index in [2.05, 4.69) is 10.6 Å². The molecule has 1 atom stereocenters. The average molecular weight is 229 g/mol. The fourth-order valence-electron chi connectivity index (χ4n) is 1.59. The Morgan fingerprint density at radius 2 is 2.06 bits per heavy atom. The van der Waals surface area contributed by atoms with Crippen LogP contribution in [0, 0.1) is 0 Å². The van der Waals surface area contributed by atoms with Crippen LogP contribution in [0.3, 0.4) is 0 Å². The van der Waals surface area contributed by atoms with E-state index >= 15 is 0 Å². The van der Waals surface area contributed by atoms with Crippen molar-refractivity contribution in [2.75, 3.05) is 13.6 Å². The van der Waals surface area contributed by atoms with Crippen molar-refractivity contribution in [2.45, 2.75) is 32.7 Å². The molecule has 1 aliphatic rings. The Balaban J connectivity index is 2.96. The van der Waals surface area contributed by atoms with Gasteiger partial charge in [0.2, 0.25) is 5.91 Å². The lowest BCUT2D eigenvalue weighted by Crippen LogP contribution is -2.81. The van der Waals surface area contributed by atoms with Gasteiger partial charge in [-0.15, -0.1) is 0 Å². The standard InChI is InChI=1S/C9H19N5O2/c1-5-11-9(10)12-7(15)14(6(2)3)8(16)13(9)4/h6,11H,5,10H2,1-4H3,(H,12,15). The monoisotopic (exact) mass is 229 g/mol. The fourth-order valence-corrected chi connectivity index (χ4v) is 1.59. The number of carbonyl (C=O) groups excluding carboxylic acids is 2. The van der Waals surface area contributed by atoms with Gasteiger partial charge in [0.1, 0.15) is 0 Å². The third-order valence-corrected chi connectivity index (χ3v) is 2.50. The summed E-state index contributed by atoms with van der Waals surface area (Å²) < 4.78 is 0. The summed E-state index contributed by atoms with van der Waals surface area (Å²) in [7, 11) is 1.54. The van der Waals surface area contributed by atoms with E-state index in [0.717, 1.165) is 4.90 Å². The number of nitrogens with one attached hydrogen (secondary N) is 2. The summed E-state index contributed by atoms with van der Waals surface area (Å²) in [5, 5.41) is 5.42. The molecule has 1 aliphatic heterocycles. The highest BCUT2D eigenvalue weighted by Crippen LogP contribution is 2.14. The molecule has 0 saturated carbocycles. The van der Waals surface area contributed by atoms with E-state index in [0.29, 0.717) is 6.54 Å². The van der Waals surface area contributed by atoms with Gasteiger partial charge in [0.25, 0.3) is 0 Å². The molecule has 16 heavy (non-hydrogen) atoms. The van der Waals surface area contributed by atoms with Gasteiger partial charge in [-0.25, -0.2) is 14.5 Å². The number of nitrogens with zero attached hydrogens (tertiary/aromatic N) is 2. The first kappa shape index (κ1) is 12.7. The molecule has 0 aromatic heterocycles. The smallest absolute Gasteiger partial charge is 0.289 e. The third kappa shape index (κ3) is 1.96. The normalized spacial score (nSPS) is 26.4. The van der Waals surface area contributed by atoms with Crippen molar-refractivity contribution in [1.82, 2.24) is 20.4 Å². The molecule has 4 N–H and O–H groups in total. The molecule has 1 saturated heterocycles. The first-order valence-corrected chi connectivity index (χ1v) is 5.26. The Labute approximate surface area is 94.9 Å². The lowest BCUT2D eigenvalue weighted by atomic mass is 10.3. The first-order valence-electron chi connectivity index (χ1n) is 5.26. The van der Waals surface area contributed by atoms with Crippen molar-refractivity contribution in [3.05, 3.63) is 0 Å². The number of rotatable bonds is 3. The van der Waals surface area contributed by atoms with Crippen molar-refractivity contribution >= 4 is 12.1 Å². The Bertz CT molecular complexity index is 306. The molecule has 0 aromatic rings. The molecule has 7 heteroatoms. The van der Waals surface area contributed by atoms with E-state index in [1.54, 1.807) is 20.9 Å².